The van der Waals surface area contributed by atoms with E-state index in [9.17, 15) is 13.6 Å². The fourth-order valence-electron chi connectivity index (χ4n) is 1.20. The van der Waals surface area contributed by atoms with E-state index < -0.39 is 12.4 Å². The first-order chi connectivity index (χ1) is 7.45. The quantitative estimate of drug-likeness (QED) is 0.685. The molecule has 0 saturated heterocycles. The third kappa shape index (κ3) is 2.88. The highest BCUT2D eigenvalue weighted by Gasteiger charge is 2.20. The normalized spacial score (nSPS) is 10.6. The summed E-state index contributed by atoms with van der Waals surface area (Å²) in [6.07, 6.45) is -3.00. The number of anilines is 1. The van der Waals surface area contributed by atoms with Crippen LogP contribution in [0.1, 0.15) is 17.6 Å². The van der Waals surface area contributed by atoms with E-state index in [1.54, 1.807) is 0 Å². The van der Waals surface area contributed by atoms with Gasteiger partial charge in [-0.3, -0.25) is 4.79 Å². The number of nitrogens with two attached hydrogens (primary N) is 1. The number of alkyl halides is 2. The van der Waals surface area contributed by atoms with Gasteiger partial charge in [0.1, 0.15) is 10.4 Å². The maximum atomic E-state index is 12.7. The molecule has 0 unspecified atom stereocenters. The summed E-state index contributed by atoms with van der Waals surface area (Å²) in [5.41, 5.74) is 5.19. The van der Waals surface area contributed by atoms with E-state index in [4.69, 9.17) is 5.73 Å². The van der Waals surface area contributed by atoms with Crippen molar-refractivity contribution in [2.24, 2.45) is 0 Å². The van der Waals surface area contributed by atoms with Crippen molar-refractivity contribution in [1.29, 1.82) is 0 Å². The van der Waals surface area contributed by atoms with Crippen LogP contribution in [0.5, 0.6) is 0 Å². The zero-order valence-electron chi connectivity index (χ0n) is 8.34. The zero-order chi connectivity index (χ0) is 12.3. The van der Waals surface area contributed by atoms with Gasteiger partial charge in [-0.15, -0.1) is 0 Å². The molecule has 0 aliphatic carbocycles. The summed E-state index contributed by atoms with van der Waals surface area (Å²) in [5, 5.41) is 0. The summed E-state index contributed by atoms with van der Waals surface area (Å²) >= 11 is 2.89. The summed E-state index contributed by atoms with van der Waals surface area (Å²) in [4.78, 5) is 14.7. The molecule has 88 valence electrons. The minimum Gasteiger partial charge on any atom is -0.469 e. The number of hydrogen-bond acceptors (Lipinski definition) is 4. The number of pyridine rings is 1. The van der Waals surface area contributed by atoms with Gasteiger partial charge in [0, 0.05) is 0 Å². The minimum absolute atomic E-state index is 0.0543. The average Bonchev–Trinajstić information content (AvgIpc) is 2.15. The Kier molecular flexibility index (Phi) is 4.17. The van der Waals surface area contributed by atoms with E-state index in [0.29, 0.717) is 0 Å². The molecule has 1 rings (SSSR count). The van der Waals surface area contributed by atoms with Crippen molar-refractivity contribution in [1.82, 2.24) is 4.98 Å². The Morgan fingerprint density at radius 1 is 1.69 bits per heavy atom. The zero-order valence-corrected chi connectivity index (χ0v) is 9.92. The Morgan fingerprint density at radius 2 is 2.31 bits per heavy atom. The van der Waals surface area contributed by atoms with Gasteiger partial charge in [0.25, 0.3) is 6.43 Å². The number of rotatable bonds is 3. The lowest BCUT2D eigenvalue weighted by Crippen LogP contribution is -2.09. The van der Waals surface area contributed by atoms with Crippen LogP contribution < -0.4 is 5.73 Å². The third-order valence-electron chi connectivity index (χ3n) is 1.90. The molecule has 0 aliphatic rings. The number of ether oxygens (including phenoxy) is 1. The average molecular weight is 295 g/mol. The van der Waals surface area contributed by atoms with Crippen LogP contribution in [-0.4, -0.2) is 18.1 Å². The smallest absolute Gasteiger partial charge is 0.309 e. The van der Waals surface area contributed by atoms with E-state index in [2.05, 4.69) is 25.7 Å². The van der Waals surface area contributed by atoms with Crippen molar-refractivity contribution in [2.75, 3.05) is 12.8 Å². The number of halogens is 3. The number of aromatic nitrogens is 1. The first kappa shape index (κ1) is 12.8. The van der Waals surface area contributed by atoms with Crippen molar-refractivity contribution in [2.45, 2.75) is 12.8 Å². The monoisotopic (exact) mass is 294 g/mol. The highest BCUT2D eigenvalue weighted by Crippen LogP contribution is 2.30. The molecule has 2 N–H and O–H groups in total. The maximum absolute atomic E-state index is 12.7. The lowest BCUT2D eigenvalue weighted by atomic mass is 10.1. The van der Waals surface area contributed by atoms with Crippen molar-refractivity contribution in [3.8, 4) is 0 Å². The molecule has 0 spiro atoms. The van der Waals surface area contributed by atoms with Gasteiger partial charge in [0.15, 0.2) is 0 Å². The molecule has 4 nitrogen and oxygen atoms in total. The molecule has 0 aromatic carbocycles. The van der Waals surface area contributed by atoms with Crippen LogP contribution in [0.4, 0.5) is 14.6 Å². The second kappa shape index (κ2) is 5.20. The maximum Gasteiger partial charge on any atom is 0.309 e. The van der Waals surface area contributed by atoms with Crippen LogP contribution in [0.15, 0.2) is 10.7 Å². The molecule has 0 atom stereocenters. The molecular formula is C9H9BrF2N2O2. The van der Waals surface area contributed by atoms with Crippen LogP contribution in [-0.2, 0) is 16.0 Å². The Labute approximate surface area is 98.9 Å². The van der Waals surface area contributed by atoms with Crippen LogP contribution >= 0.6 is 15.9 Å². The molecule has 0 aliphatic heterocycles. The lowest BCUT2D eigenvalue weighted by molar-refractivity contribution is -0.139. The fraction of sp³-hybridized carbons (Fsp3) is 0.333. The second-order valence-corrected chi connectivity index (χ2v) is 3.72. The van der Waals surface area contributed by atoms with Gasteiger partial charge >= 0.3 is 5.97 Å². The highest BCUT2D eigenvalue weighted by molar-refractivity contribution is 9.10. The predicted octanol–water partition coefficient (Wildman–Crippen LogP) is 2.08. The van der Waals surface area contributed by atoms with Gasteiger partial charge in [0.05, 0.1) is 19.1 Å². The van der Waals surface area contributed by atoms with Crippen LogP contribution in [0.2, 0.25) is 0 Å². The largest absolute Gasteiger partial charge is 0.469 e. The molecule has 16 heavy (non-hydrogen) atoms. The summed E-state index contributed by atoms with van der Waals surface area (Å²) in [6.45, 7) is 0. The molecule has 0 fully saturated rings. The van der Waals surface area contributed by atoms with E-state index >= 15 is 0 Å². The van der Waals surface area contributed by atoms with Crippen LogP contribution in [0.3, 0.4) is 0 Å². The van der Waals surface area contributed by atoms with E-state index in [1.807, 2.05) is 0 Å². The molecule has 7 heteroatoms. The molecular weight excluding hydrogens is 286 g/mol. The number of hydrogen-bond donors (Lipinski definition) is 1. The summed E-state index contributed by atoms with van der Waals surface area (Å²) < 4.78 is 29.8. The summed E-state index contributed by atoms with van der Waals surface area (Å²) in [5.74, 6) is -0.547. The van der Waals surface area contributed by atoms with Gasteiger partial charge in [-0.1, -0.05) is 0 Å². The SMILES string of the molecule is COC(=O)Cc1cc(N)nc(Br)c1C(F)F. The van der Waals surface area contributed by atoms with Crippen molar-refractivity contribution < 1.29 is 18.3 Å². The van der Waals surface area contributed by atoms with Gasteiger partial charge in [-0.05, 0) is 27.6 Å². The highest BCUT2D eigenvalue weighted by atomic mass is 79.9. The summed E-state index contributed by atoms with van der Waals surface area (Å²) in [6, 6.07) is 1.24. The topological polar surface area (TPSA) is 65.2 Å². The van der Waals surface area contributed by atoms with Crippen LogP contribution in [0, 0.1) is 0 Å². The predicted molar refractivity (Wildman–Crippen MR) is 57.0 cm³/mol. The molecule has 0 amide bonds. The van der Waals surface area contributed by atoms with Crippen molar-refractivity contribution in [3.05, 3.63) is 21.8 Å². The third-order valence-corrected chi connectivity index (χ3v) is 2.50. The Balaban J connectivity index is 3.18. The standard InChI is InChI=1S/C9H9BrF2N2O2/c1-16-6(15)3-4-2-5(13)14-8(10)7(4)9(11)12/h2,9H,3H2,1H3,(H2,13,14). The molecule has 0 radical (unpaired) electrons. The van der Waals surface area contributed by atoms with E-state index in [-0.39, 0.29) is 28.0 Å². The van der Waals surface area contributed by atoms with E-state index in [0.717, 1.165) is 0 Å². The number of carbonyl (C=O) groups is 1. The van der Waals surface area contributed by atoms with Crippen LogP contribution in [0.25, 0.3) is 0 Å². The fourth-order valence-corrected chi connectivity index (χ4v) is 1.83. The van der Waals surface area contributed by atoms with E-state index in [1.165, 1.54) is 13.2 Å². The lowest BCUT2D eigenvalue weighted by Gasteiger charge is -2.10. The Bertz CT molecular complexity index is 413. The van der Waals surface area contributed by atoms with Crippen molar-refractivity contribution >= 4 is 27.7 Å². The first-order valence-corrected chi connectivity index (χ1v) is 5.04. The Hall–Kier alpha value is -1.24. The minimum atomic E-state index is -2.73. The van der Waals surface area contributed by atoms with Gasteiger partial charge in [0.2, 0.25) is 0 Å². The number of esters is 1. The van der Waals surface area contributed by atoms with Gasteiger partial charge in [-0.25, -0.2) is 13.8 Å². The molecule has 0 bridgehead atoms. The molecule has 1 aromatic heterocycles. The number of nitrogens with zero attached hydrogens (tertiary/aromatic N) is 1. The van der Waals surface area contributed by atoms with Gasteiger partial charge in [-0.2, -0.15) is 0 Å². The molecule has 1 aromatic rings. The first-order valence-electron chi connectivity index (χ1n) is 4.25. The van der Waals surface area contributed by atoms with Gasteiger partial charge < -0.3 is 10.5 Å². The van der Waals surface area contributed by atoms with Crippen molar-refractivity contribution in [3.63, 3.8) is 0 Å². The molecule has 1 heterocycles. The number of carbonyl (C=O) groups excluding carboxylic acids is 1. The molecule has 0 saturated carbocycles. The Morgan fingerprint density at radius 3 is 2.81 bits per heavy atom. The number of methoxy groups -OCH3 is 1. The second-order valence-electron chi connectivity index (χ2n) is 2.96. The summed E-state index contributed by atoms with van der Waals surface area (Å²) in [7, 11) is 1.18. The number of nitrogen functional groups attached to an aromatic ring is 1.